The maximum absolute atomic E-state index is 12.2. The van der Waals surface area contributed by atoms with Gasteiger partial charge in [-0.25, -0.2) is 15.3 Å². The predicted octanol–water partition coefficient (Wildman–Crippen LogP) is 4.21. The minimum Gasteiger partial charge on any atom is -0.451 e. The predicted molar refractivity (Wildman–Crippen MR) is 145 cm³/mol. The van der Waals surface area contributed by atoms with E-state index in [1.165, 1.54) is 6.26 Å². The van der Waals surface area contributed by atoms with E-state index in [1.54, 1.807) is 30.6 Å². The quantitative estimate of drug-likeness (QED) is 0.237. The third-order valence-electron chi connectivity index (χ3n) is 6.49. The van der Waals surface area contributed by atoms with Crippen LogP contribution in [-0.2, 0) is 15.2 Å². The van der Waals surface area contributed by atoms with E-state index in [0.717, 1.165) is 11.1 Å². The molecule has 4 aromatic rings. The molecule has 0 amide bonds. The lowest BCUT2D eigenvalue weighted by molar-refractivity contribution is 0.00954. The summed E-state index contributed by atoms with van der Waals surface area (Å²) >= 11 is 0. The van der Waals surface area contributed by atoms with Gasteiger partial charge in [0.25, 0.3) is 5.89 Å². The van der Waals surface area contributed by atoms with Crippen molar-refractivity contribution in [3.63, 3.8) is 0 Å². The number of anilines is 3. The molecule has 12 nitrogen and oxygen atoms in total. The van der Waals surface area contributed by atoms with Gasteiger partial charge in [-0.05, 0) is 43.7 Å². The van der Waals surface area contributed by atoms with Crippen molar-refractivity contribution in [2.75, 3.05) is 17.2 Å². The van der Waals surface area contributed by atoms with Crippen LogP contribution in [0, 0.1) is 0 Å². The molecule has 4 N–H and O–H groups in total. The number of allylic oxidation sites excluding steroid dienone is 2. The van der Waals surface area contributed by atoms with Crippen LogP contribution in [0.2, 0.25) is 0 Å². The molecule has 0 saturated carbocycles. The van der Waals surface area contributed by atoms with Gasteiger partial charge in [-0.3, -0.25) is 0 Å². The van der Waals surface area contributed by atoms with Crippen molar-refractivity contribution in [2.24, 2.45) is 0 Å². The lowest BCUT2D eigenvalue weighted by Gasteiger charge is -2.20. The van der Waals surface area contributed by atoms with Crippen LogP contribution in [0.25, 0.3) is 17.0 Å². The molecule has 0 fully saturated rings. The summed E-state index contributed by atoms with van der Waals surface area (Å²) in [5, 5.41) is 20.8. The van der Waals surface area contributed by atoms with Crippen LogP contribution in [0.3, 0.4) is 0 Å². The van der Waals surface area contributed by atoms with Crippen LogP contribution in [-0.4, -0.2) is 37.8 Å². The average molecular weight is 540 g/mol. The minimum absolute atomic E-state index is 0.185. The number of carbonyl (C=O) groups excluding carboxylic acids is 1. The van der Waals surface area contributed by atoms with E-state index in [-0.39, 0.29) is 24.4 Å². The molecule has 4 heterocycles. The van der Waals surface area contributed by atoms with Crippen molar-refractivity contribution in [1.82, 2.24) is 25.6 Å². The fourth-order valence-corrected chi connectivity index (χ4v) is 4.44. The molecule has 0 radical (unpaired) electrons. The first-order valence-corrected chi connectivity index (χ1v) is 12.5. The zero-order valence-electron chi connectivity index (χ0n) is 21.6. The monoisotopic (exact) mass is 539 g/mol. The Morgan fingerprint density at radius 1 is 1.10 bits per heavy atom. The number of carbonyl (C=O) groups is 1. The number of fused-ring (bicyclic) bond motifs is 1. The summed E-state index contributed by atoms with van der Waals surface area (Å²) in [7, 11) is 0. The Morgan fingerprint density at radius 3 is 2.73 bits per heavy atom. The first kappa shape index (κ1) is 25.1. The van der Waals surface area contributed by atoms with Crippen molar-refractivity contribution in [2.45, 2.75) is 25.5 Å². The lowest BCUT2D eigenvalue weighted by atomic mass is 9.95. The number of hydrogen-bond donors (Lipinski definition) is 4. The zero-order chi connectivity index (χ0) is 27.7. The number of aliphatic hydroxyl groups is 1. The van der Waals surface area contributed by atoms with E-state index < -0.39 is 11.6 Å². The molecule has 0 spiro atoms. The van der Waals surface area contributed by atoms with Crippen LogP contribution < -0.4 is 16.1 Å². The topological polar surface area (TPSA) is 157 Å². The van der Waals surface area contributed by atoms with Crippen molar-refractivity contribution in [1.29, 1.82) is 0 Å². The number of esters is 1. The van der Waals surface area contributed by atoms with Gasteiger partial charge in [0.2, 0.25) is 11.8 Å². The van der Waals surface area contributed by atoms with Gasteiger partial charge in [0.05, 0.1) is 18.2 Å². The number of nitrogens with zero attached hydrogens (tertiary/aromatic N) is 4. The molecule has 0 unspecified atom stereocenters. The van der Waals surface area contributed by atoms with E-state index in [2.05, 4.69) is 31.2 Å². The van der Waals surface area contributed by atoms with E-state index >= 15 is 0 Å². The highest BCUT2D eigenvalue weighted by molar-refractivity contribution is 5.95. The number of hydroxylamine groups is 1. The normalized spacial score (nSPS) is 15.8. The zero-order valence-corrected chi connectivity index (χ0v) is 21.6. The highest BCUT2D eigenvalue weighted by atomic mass is 16.6. The summed E-state index contributed by atoms with van der Waals surface area (Å²) in [6.45, 7) is 3.49. The molecular formula is C28H25N7O5. The van der Waals surface area contributed by atoms with E-state index in [9.17, 15) is 9.90 Å². The second kappa shape index (κ2) is 10.2. The molecule has 2 aliphatic heterocycles. The average Bonchev–Trinajstić information content (AvgIpc) is 3.55. The molecule has 12 heteroatoms. The SMILES string of the molecule is CC1(C)OC(=O)c2ccc(Nc3ncc(-c4nc(C5=CNOC=C5)no4)c(N[C@H](CO)c4ccccc4)n3)cc21. The molecule has 0 bridgehead atoms. The number of rotatable bonds is 8. The van der Waals surface area contributed by atoms with Crippen molar-refractivity contribution < 1.29 is 24.0 Å². The summed E-state index contributed by atoms with van der Waals surface area (Å²) in [4.78, 5) is 30.8. The summed E-state index contributed by atoms with van der Waals surface area (Å²) in [6.07, 6.45) is 6.33. The van der Waals surface area contributed by atoms with Gasteiger partial charge in [-0.15, -0.1) is 0 Å². The molecule has 0 saturated heterocycles. The molecule has 6 rings (SSSR count). The number of nitrogens with one attached hydrogen (secondary N) is 3. The summed E-state index contributed by atoms with van der Waals surface area (Å²) < 4.78 is 11.0. The fourth-order valence-electron chi connectivity index (χ4n) is 4.44. The largest absolute Gasteiger partial charge is 0.451 e. The molecule has 1 atom stereocenters. The number of benzene rings is 2. The number of hydrogen-bond acceptors (Lipinski definition) is 12. The molecule has 2 aromatic carbocycles. The standard InChI is InChI=1S/C28H25N7O5/c1-28(2)21-12-18(8-9-19(21)26(37)39-28)31-27-29-14-20(25-33-23(35-40-25)17-10-11-38-30-13-17)24(34-27)32-22(15-36)16-6-4-3-5-7-16/h3-14,22,30,36H,15H2,1-2H3,(H2,29,31,32,34)/t22-/m1/s1. The Bertz CT molecular complexity index is 1630. The summed E-state index contributed by atoms with van der Waals surface area (Å²) in [5.74, 6) is 0.818. The smallest absolute Gasteiger partial charge is 0.339 e. The first-order valence-electron chi connectivity index (χ1n) is 12.5. The molecule has 2 aromatic heterocycles. The van der Waals surface area contributed by atoms with Crippen LogP contribution >= 0.6 is 0 Å². The van der Waals surface area contributed by atoms with Gasteiger partial charge in [-0.1, -0.05) is 35.5 Å². The van der Waals surface area contributed by atoms with E-state index in [4.69, 9.17) is 19.1 Å². The number of ether oxygens (including phenoxy) is 1. The van der Waals surface area contributed by atoms with Crippen LogP contribution in [0.15, 0.2) is 77.8 Å². The van der Waals surface area contributed by atoms with E-state index in [0.29, 0.717) is 34.0 Å². The Hall–Kier alpha value is -5.23. The van der Waals surface area contributed by atoms with Gasteiger partial charge in [0, 0.05) is 29.2 Å². The number of aromatic nitrogens is 4. The highest BCUT2D eigenvalue weighted by Gasteiger charge is 2.37. The Balaban J connectivity index is 1.35. The number of cyclic esters (lactones) is 1. The third-order valence-corrected chi connectivity index (χ3v) is 6.49. The maximum Gasteiger partial charge on any atom is 0.339 e. The molecule has 202 valence electrons. The van der Waals surface area contributed by atoms with Gasteiger partial charge >= 0.3 is 5.97 Å². The van der Waals surface area contributed by atoms with Gasteiger partial charge in [-0.2, -0.15) is 9.97 Å². The second-order valence-corrected chi connectivity index (χ2v) is 9.59. The number of aliphatic hydroxyl groups excluding tert-OH is 1. The summed E-state index contributed by atoms with van der Waals surface area (Å²) in [5.41, 5.74) is 5.83. The Morgan fingerprint density at radius 2 is 1.95 bits per heavy atom. The molecule has 0 aliphatic carbocycles. The van der Waals surface area contributed by atoms with Crippen LogP contribution in [0.1, 0.15) is 47.2 Å². The highest BCUT2D eigenvalue weighted by Crippen LogP contribution is 2.38. The van der Waals surface area contributed by atoms with E-state index in [1.807, 2.05) is 50.2 Å². The van der Waals surface area contributed by atoms with Crippen molar-refractivity contribution in [3.05, 3.63) is 95.8 Å². The minimum atomic E-state index is -0.744. The van der Waals surface area contributed by atoms with Gasteiger partial charge in [0.15, 0.2) is 0 Å². The fraction of sp³-hybridized carbons (Fsp3) is 0.179. The molecule has 40 heavy (non-hydrogen) atoms. The van der Waals surface area contributed by atoms with Gasteiger partial charge < -0.3 is 29.8 Å². The first-order chi connectivity index (χ1) is 19.4. The Kier molecular flexibility index (Phi) is 6.36. The van der Waals surface area contributed by atoms with Crippen LogP contribution in [0.4, 0.5) is 17.5 Å². The third kappa shape index (κ3) is 4.83. The summed E-state index contributed by atoms with van der Waals surface area (Å²) in [6, 6.07) is 14.4. The second-order valence-electron chi connectivity index (χ2n) is 9.59. The van der Waals surface area contributed by atoms with Gasteiger partial charge in [0.1, 0.15) is 23.2 Å². The Labute approximate surface area is 228 Å². The van der Waals surface area contributed by atoms with Crippen molar-refractivity contribution in [3.8, 4) is 11.5 Å². The molecular weight excluding hydrogens is 514 g/mol. The maximum atomic E-state index is 12.2. The lowest BCUT2D eigenvalue weighted by Crippen LogP contribution is -2.17. The molecule has 2 aliphatic rings. The van der Waals surface area contributed by atoms with Crippen molar-refractivity contribution >= 4 is 29.0 Å². The van der Waals surface area contributed by atoms with Crippen LogP contribution in [0.5, 0.6) is 0 Å².